The Bertz CT molecular complexity index is 1600. The summed E-state index contributed by atoms with van der Waals surface area (Å²) in [7, 11) is 0. The first-order chi connectivity index (χ1) is 19.5. The summed E-state index contributed by atoms with van der Waals surface area (Å²) in [4.78, 5) is 44.1. The molecule has 0 unspecified atom stereocenters. The first-order valence-corrected chi connectivity index (χ1v) is 11.8. The number of carbonyl (C=O) groups excluding carboxylic acids is 3. The number of alkyl halides is 3. The van der Waals surface area contributed by atoms with E-state index in [1.54, 1.807) is 0 Å². The zero-order chi connectivity index (χ0) is 29.6. The predicted octanol–water partition coefficient (Wildman–Crippen LogP) is 5.80. The summed E-state index contributed by atoms with van der Waals surface area (Å²) in [5, 5.41) is 4.28. The number of carbonyl (C=O) groups is 3. The Morgan fingerprint density at radius 3 is 2.20 bits per heavy atom. The lowest BCUT2D eigenvalue weighted by Crippen LogP contribution is -2.42. The van der Waals surface area contributed by atoms with Gasteiger partial charge in [0, 0.05) is 29.8 Å². The molecule has 4 aromatic rings. The number of urea groups is 1. The lowest BCUT2D eigenvalue weighted by molar-refractivity contribution is -0.137. The molecule has 10 nitrogen and oxygen atoms in total. The van der Waals surface area contributed by atoms with Crippen LogP contribution >= 0.6 is 11.6 Å². The van der Waals surface area contributed by atoms with Crippen LogP contribution in [-0.4, -0.2) is 27.8 Å². The van der Waals surface area contributed by atoms with Gasteiger partial charge in [-0.25, -0.2) is 9.18 Å². The van der Waals surface area contributed by atoms with E-state index in [0.717, 1.165) is 30.6 Å². The third kappa shape index (κ3) is 7.89. The zero-order valence-electron chi connectivity index (χ0n) is 20.4. The number of nitrogens with one attached hydrogen (secondary N) is 4. The molecule has 0 saturated carbocycles. The Labute approximate surface area is 233 Å². The largest absolute Gasteiger partial charge is 0.457 e. The van der Waals surface area contributed by atoms with Gasteiger partial charge in [0.2, 0.25) is 0 Å². The topological polar surface area (TPSA) is 134 Å². The van der Waals surface area contributed by atoms with E-state index in [-0.39, 0.29) is 22.7 Å². The van der Waals surface area contributed by atoms with E-state index in [1.807, 2.05) is 0 Å². The van der Waals surface area contributed by atoms with Gasteiger partial charge in [0.15, 0.2) is 0 Å². The smallest absolute Gasteiger partial charge is 0.417 e. The third-order valence-corrected chi connectivity index (χ3v) is 5.43. The Balaban J connectivity index is 1.32. The van der Waals surface area contributed by atoms with Crippen molar-refractivity contribution in [2.45, 2.75) is 6.18 Å². The minimum atomic E-state index is -4.68. The molecule has 2 heterocycles. The summed E-state index contributed by atoms with van der Waals surface area (Å²) in [6.45, 7) is 0. The first-order valence-electron chi connectivity index (χ1n) is 11.4. The monoisotopic (exact) mass is 588 g/mol. The molecule has 0 atom stereocenters. The average molecular weight is 589 g/mol. The maximum absolute atomic E-state index is 13.2. The number of nitrogens with zero attached hydrogens (tertiary/aromatic N) is 2. The van der Waals surface area contributed by atoms with Gasteiger partial charge >= 0.3 is 12.2 Å². The summed E-state index contributed by atoms with van der Waals surface area (Å²) >= 11 is 5.58. The molecule has 2 aromatic carbocycles. The number of hydrazine groups is 1. The molecule has 0 saturated heterocycles. The van der Waals surface area contributed by atoms with Gasteiger partial charge in [0.05, 0.1) is 22.3 Å². The normalized spacial score (nSPS) is 10.9. The fraction of sp³-hybridized carbons (Fsp3) is 0.0385. The number of ether oxygens (including phenoxy) is 1. The quantitative estimate of drug-likeness (QED) is 0.166. The molecule has 0 spiro atoms. The highest BCUT2D eigenvalue weighted by atomic mass is 35.5. The van der Waals surface area contributed by atoms with Gasteiger partial charge in [-0.2, -0.15) is 13.2 Å². The van der Waals surface area contributed by atoms with Crippen LogP contribution < -0.4 is 26.2 Å². The van der Waals surface area contributed by atoms with Gasteiger partial charge < -0.3 is 15.4 Å². The summed E-state index contributed by atoms with van der Waals surface area (Å²) < 4.78 is 58.0. The highest BCUT2D eigenvalue weighted by molar-refractivity contribution is 6.31. The summed E-state index contributed by atoms with van der Waals surface area (Å²) in [6, 6.07) is 11.8. The molecule has 0 radical (unpaired) electrons. The maximum Gasteiger partial charge on any atom is 0.417 e. The van der Waals surface area contributed by atoms with Gasteiger partial charge in [-0.05, 0) is 54.6 Å². The molecular formula is C26H17ClF4N6O4. The lowest BCUT2D eigenvalue weighted by atomic mass is 10.2. The van der Waals surface area contributed by atoms with E-state index in [9.17, 15) is 31.9 Å². The van der Waals surface area contributed by atoms with Crippen molar-refractivity contribution in [2.24, 2.45) is 0 Å². The molecule has 15 heteroatoms. The Kier molecular flexibility index (Phi) is 8.63. The average Bonchev–Trinajstić information content (AvgIpc) is 2.93. The molecule has 4 rings (SSSR count). The number of aromatic nitrogens is 2. The minimum absolute atomic E-state index is 0.105. The van der Waals surface area contributed by atoms with Crippen LogP contribution in [0.2, 0.25) is 5.02 Å². The van der Waals surface area contributed by atoms with Crippen LogP contribution in [0.1, 0.15) is 26.4 Å². The van der Waals surface area contributed by atoms with Crippen LogP contribution in [0.15, 0.2) is 79.3 Å². The van der Waals surface area contributed by atoms with Crippen molar-refractivity contribution in [2.75, 3.05) is 10.6 Å². The molecule has 210 valence electrons. The van der Waals surface area contributed by atoms with E-state index in [2.05, 4.69) is 31.5 Å². The van der Waals surface area contributed by atoms with Crippen LogP contribution in [0.5, 0.6) is 11.5 Å². The van der Waals surface area contributed by atoms with E-state index in [0.29, 0.717) is 11.4 Å². The number of amides is 4. The van der Waals surface area contributed by atoms with Crippen molar-refractivity contribution in [3.8, 4) is 11.5 Å². The first kappa shape index (κ1) is 28.8. The highest BCUT2D eigenvalue weighted by Crippen LogP contribution is 2.36. The van der Waals surface area contributed by atoms with Crippen molar-refractivity contribution in [3.05, 3.63) is 107 Å². The molecule has 2 aromatic heterocycles. The van der Waals surface area contributed by atoms with Crippen molar-refractivity contribution in [1.82, 2.24) is 20.8 Å². The molecule has 0 bridgehead atoms. The van der Waals surface area contributed by atoms with Crippen molar-refractivity contribution in [1.29, 1.82) is 0 Å². The second-order valence-electron chi connectivity index (χ2n) is 8.07. The number of rotatable bonds is 6. The van der Waals surface area contributed by atoms with Crippen LogP contribution in [0.3, 0.4) is 0 Å². The summed E-state index contributed by atoms with van der Waals surface area (Å²) in [5.41, 5.74) is 3.17. The number of benzene rings is 2. The number of pyridine rings is 2. The van der Waals surface area contributed by atoms with Gasteiger partial charge in [-0.3, -0.25) is 30.4 Å². The van der Waals surface area contributed by atoms with Crippen molar-refractivity contribution in [3.63, 3.8) is 0 Å². The minimum Gasteiger partial charge on any atom is -0.457 e. The van der Waals surface area contributed by atoms with Crippen LogP contribution in [0, 0.1) is 5.82 Å². The molecule has 4 N–H and O–H groups in total. The van der Waals surface area contributed by atoms with Gasteiger partial charge in [-0.1, -0.05) is 11.6 Å². The van der Waals surface area contributed by atoms with E-state index >= 15 is 0 Å². The van der Waals surface area contributed by atoms with Crippen molar-refractivity contribution < 1.29 is 36.7 Å². The van der Waals surface area contributed by atoms with E-state index in [1.165, 1.54) is 48.7 Å². The Hall–Kier alpha value is -5.24. The van der Waals surface area contributed by atoms with E-state index < -0.39 is 40.4 Å². The number of hydrogen-bond acceptors (Lipinski definition) is 6. The fourth-order valence-electron chi connectivity index (χ4n) is 3.24. The molecule has 41 heavy (non-hydrogen) atoms. The van der Waals surface area contributed by atoms with Crippen LogP contribution in [0.4, 0.5) is 33.7 Å². The second kappa shape index (κ2) is 12.3. The molecule has 0 aliphatic rings. The third-order valence-electron chi connectivity index (χ3n) is 5.10. The predicted molar refractivity (Wildman–Crippen MR) is 139 cm³/mol. The molecule has 4 amide bonds. The summed E-state index contributed by atoms with van der Waals surface area (Å²) in [5.74, 6) is -1.76. The summed E-state index contributed by atoms with van der Waals surface area (Å²) in [6.07, 6.45) is -1.34. The lowest BCUT2D eigenvalue weighted by Gasteiger charge is -2.12. The standard InChI is InChI=1S/C26H17ClF4N6O4/c27-21-6-3-17(10-20(21)26(29,30)31)35-25(40)34-16-1-4-18(5-2-16)41-19-7-8-33-22(11-19)24(39)37-36-23(38)14-9-15(28)13-32-12-14/h1-13H,(H,36,38)(H,37,39)(H2,34,35,40). The highest BCUT2D eigenvalue weighted by Gasteiger charge is 2.33. The van der Waals surface area contributed by atoms with Crippen molar-refractivity contribution >= 4 is 40.8 Å². The van der Waals surface area contributed by atoms with Gasteiger partial charge in [0.1, 0.15) is 23.0 Å². The molecule has 0 aliphatic heterocycles. The SMILES string of the molecule is O=C(Nc1ccc(Oc2ccnc(C(=O)NNC(=O)c3cncc(F)c3)c2)cc1)Nc1ccc(Cl)c(C(F)(F)F)c1. The van der Waals surface area contributed by atoms with Crippen LogP contribution in [0.25, 0.3) is 0 Å². The van der Waals surface area contributed by atoms with Crippen LogP contribution in [-0.2, 0) is 6.18 Å². The molecule has 0 aliphatic carbocycles. The second-order valence-corrected chi connectivity index (χ2v) is 8.48. The molecule has 0 fully saturated rings. The Morgan fingerprint density at radius 1 is 0.805 bits per heavy atom. The fourth-order valence-corrected chi connectivity index (χ4v) is 3.47. The van der Waals surface area contributed by atoms with E-state index in [4.69, 9.17) is 16.3 Å². The molecular weight excluding hydrogens is 572 g/mol. The maximum atomic E-state index is 13.2. The number of hydrogen-bond donors (Lipinski definition) is 4. The number of anilines is 2. The van der Waals surface area contributed by atoms with Gasteiger partial charge in [-0.15, -0.1) is 0 Å². The Morgan fingerprint density at radius 2 is 1.49 bits per heavy atom. The zero-order valence-corrected chi connectivity index (χ0v) is 21.2. The number of halogens is 5. The van der Waals surface area contributed by atoms with Gasteiger partial charge in [0.25, 0.3) is 11.8 Å².